The van der Waals surface area contributed by atoms with Crippen molar-refractivity contribution in [1.29, 1.82) is 0 Å². The van der Waals surface area contributed by atoms with Gasteiger partial charge >= 0.3 is 6.18 Å². The highest BCUT2D eigenvalue weighted by Gasteiger charge is 2.32. The van der Waals surface area contributed by atoms with Crippen molar-refractivity contribution in [2.75, 3.05) is 5.32 Å². The molecule has 1 aromatic heterocycles. The van der Waals surface area contributed by atoms with E-state index in [1.165, 1.54) is 0 Å². The van der Waals surface area contributed by atoms with Gasteiger partial charge < -0.3 is 9.88 Å². The van der Waals surface area contributed by atoms with E-state index >= 15 is 0 Å². The van der Waals surface area contributed by atoms with Gasteiger partial charge in [-0.25, -0.2) is 0 Å². The molecular weight excluding hydrogens is 368 g/mol. The highest BCUT2D eigenvalue weighted by Crippen LogP contribution is 2.29. The second kappa shape index (κ2) is 6.86. The molecule has 2 aromatic rings. The first-order chi connectivity index (χ1) is 11.1. The van der Waals surface area contributed by atoms with Crippen LogP contribution < -0.4 is 10.9 Å². The maximum absolute atomic E-state index is 12.8. The van der Waals surface area contributed by atoms with Gasteiger partial charge in [-0.05, 0) is 36.8 Å². The monoisotopic (exact) mass is 378 g/mol. The largest absolute Gasteiger partial charge is 0.417 e. The molecular formula is C15H11Cl2F3N2O2. The Morgan fingerprint density at radius 1 is 1.25 bits per heavy atom. The van der Waals surface area contributed by atoms with Crippen molar-refractivity contribution in [2.45, 2.75) is 19.6 Å². The molecule has 0 spiro atoms. The lowest BCUT2D eigenvalue weighted by Gasteiger charge is -2.13. The minimum Gasteiger partial charge on any atom is -0.324 e. The number of nitrogens with zero attached hydrogens (tertiary/aromatic N) is 1. The summed E-state index contributed by atoms with van der Waals surface area (Å²) in [5, 5.41) is 2.38. The molecule has 0 aliphatic heterocycles. The molecule has 1 N–H and O–H groups in total. The van der Waals surface area contributed by atoms with Crippen molar-refractivity contribution >= 4 is 34.8 Å². The average molecular weight is 379 g/mol. The summed E-state index contributed by atoms with van der Waals surface area (Å²) in [5.41, 5.74) is -0.879. The number of alkyl halides is 3. The van der Waals surface area contributed by atoms with E-state index in [1.807, 2.05) is 0 Å². The molecule has 1 aromatic carbocycles. The number of hydrogen-bond acceptors (Lipinski definition) is 2. The number of benzene rings is 1. The van der Waals surface area contributed by atoms with Crippen molar-refractivity contribution in [2.24, 2.45) is 0 Å². The minimum atomic E-state index is -4.68. The lowest BCUT2D eigenvalue weighted by Crippen LogP contribution is -2.29. The van der Waals surface area contributed by atoms with E-state index < -0.39 is 34.8 Å². The Hall–Kier alpha value is -1.99. The number of halogens is 5. The van der Waals surface area contributed by atoms with Gasteiger partial charge in [0.05, 0.1) is 5.56 Å². The topological polar surface area (TPSA) is 51.1 Å². The molecule has 24 heavy (non-hydrogen) atoms. The first-order valence-corrected chi connectivity index (χ1v) is 7.36. The molecule has 0 unspecified atom stereocenters. The fourth-order valence-electron chi connectivity index (χ4n) is 1.98. The van der Waals surface area contributed by atoms with Crippen LogP contribution in [-0.4, -0.2) is 10.5 Å². The highest BCUT2D eigenvalue weighted by atomic mass is 35.5. The summed E-state index contributed by atoms with van der Waals surface area (Å²) in [6.45, 7) is 1.10. The van der Waals surface area contributed by atoms with Crippen LogP contribution in [0.15, 0.2) is 35.3 Å². The predicted octanol–water partition coefficient (Wildman–Crippen LogP) is 4.12. The third-order valence-electron chi connectivity index (χ3n) is 3.15. The van der Waals surface area contributed by atoms with E-state index in [1.54, 1.807) is 25.1 Å². The second-order valence-electron chi connectivity index (χ2n) is 5.01. The molecule has 0 fully saturated rings. The van der Waals surface area contributed by atoms with Crippen molar-refractivity contribution < 1.29 is 18.0 Å². The van der Waals surface area contributed by atoms with Crippen LogP contribution in [0.4, 0.5) is 18.9 Å². The van der Waals surface area contributed by atoms with Gasteiger partial charge in [-0.15, -0.1) is 0 Å². The summed E-state index contributed by atoms with van der Waals surface area (Å²) in [6.07, 6.45) is -4.12. The van der Waals surface area contributed by atoms with Crippen molar-refractivity contribution in [1.82, 2.24) is 4.57 Å². The summed E-state index contributed by atoms with van der Waals surface area (Å²) in [4.78, 5) is 23.8. The number of hydrogen-bond donors (Lipinski definition) is 1. The highest BCUT2D eigenvalue weighted by molar-refractivity contribution is 6.31. The van der Waals surface area contributed by atoms with Crippen molar-refractivity contribution in [3.8, 4) is 0 Å². The van der Waals surface area contributed by atoms with Gasteiger partial charge in [0.2, 0.25) is 5.91 Å². The molecule has 1 amide bonds. The number of aryl methyl sites for hydroxylation is 1. The fraction of sp³-hybridized carbons (Fsp3) is 0.200. The molecule has 0 radical (unpaired) electrons. The van der Waals surface area contributed by atoms with Crippen LogP contribution in [0.25, 0.3) is 0 Å². The Labute approximate surface area is 144 Å². The molecule has 0 bridgehead atoms. The molecule has 0 atom stereocenters. The molecule has 4 nitrogen and oxygen atoms in total. The lowest BCUT2D eigenvalue weighted by molar-refractivity contribution is -0.138. The number of amides is 1. The Morgan fingerprint density at radius 3 is 2.50 bits per heavy atom. The van der Waals surface area contributed by atoms with E-state index in [4.69, 9.17) is 23.2 Å². The quantitative estimate of drug-likeness (QED) is 0.873. The van der Waals surface area contributed by atoms with Crippen molar-refractivity contribution in [3.05, 3.63) is 62.0 Å². The lowest BCUT2D eigenvalue weighted by atomic mass is 10.2. The van der Waals surface area contributed by atoms with Gasteiger partial charge in [0.25, 0.3) is 5.56 Å². The summed E-state index contributed by atoms with van der Waals surface area (Å²) in [7, 11) is 0. The van der Waals surface area contributed by atoms with Crippen LogP contribution in [0.5, 0.6) is 0 Å². The third-order valence-corrected chi connectivity index (χ3v) is 3.65. The molecule has 0 saturated heterocycles. The first-order valence-electron chi connectivity index (χ1n) is 6.61. The standard InChI is InChI=1S/C15H11Cl2F3N2O2/c1-8-4-10(16)2-3-12(8)21-13(23)7-22-6-9(15(18,19)20)5-11(17)14(22)24/h2-6H,7H2,1H3,(H,21,23). The number of aromatic nitrogens is 1. The number of anilines is 1. The fourth-order valence-corrected chi connectivity index (χ4v) is 2.44. The number of rotatable bonds is 3. The van der Waals surface area contributed by atoms with E-state index in [0.29, 0.717) is 33.1 Å². The van der Waals surface area contributed by atoms with Crippen LogP contribution >= 0.6 is 23.2 Å². The van der Waals surface area contributed by atoms with Crippen LogP contribution in [0.1, 0.15) is 11.1 Å². The molecule has 0 saturated carbocycles. The second-order valence-corrected chi connectivity index (χ2v) is 5.86. The molecule has 0 aliphatic rings. The summed E-state index contributed by atoms with van der Waals surface area (Å²) in [5.74, 6) is -0.669. The van der Waals surface area contributed by atoms with Crippen LogP contribution in [0.3, 0.4) is 0 Å². The first kappa shape index (κ1) is 18.4. The minimum absolute atomic E-state index is 0.440. The SMILES string of the molecule is Cc1cc(Cl)ccc1NC(=O)Cn1cc(C(F)(F)F)cc(Cl)c1=O. The summed E-state index contributed by atoms with van der Waals surface area (Å²) in [6, 6.07) is 5.25. The molecule has 0 aliphatic carbocycles. The molecule has 9 heteroatoms. The maximum atomic E-state index is 12.8. The number of pyridine rings is 1. The van der Waals surface area contributed by atoms with Gasteiger partial charge in [-0.2, -0.15) is 13.2 Å². The summed E-state index contributed by atoms with van der Waals surface area (Å²) < 4.78 is 38.9. The maximum Gasteiger partial charge on any atom is 0.417 e. The Kier molecular flexibility index (Phi) is 5.25. The van der Waals surface area contributed by atoms with Crippen molar-refractivity contribution in [3.63, 3.8) is 0 Å². The average Bonchev–Trinajstić information content (AvgIpc) is 2.45. The van der Waals surface area contributed by atoms with E-state index in [9.17, 15) is 22.8 Å². The van der Waals surface area contributed by atoms with Gasteiger partial charge in [-0.3, -0.25) is 9.59 Å². The van der Waals surface area contributed by atoms with Crippen LogP contribution in [0, 0.1) is 6.92 Å². The normalized spacial score (nSPS) is 11.4. The van der Waals surface area contributed by atoms with Gasteiger partial charge in [0, 0.05) is 16.9 Å². The predicted molar refractivity (Wildman–Crippen MR) is 85.5 cm³/mol. The van der Waals surface area contributed by atoms with Gasteiger partial charge in [0.15, 0.2) is 0 Å². The zero-order valence-electron chi connectivity index (χ0n) is 12.2. The van der Waals surface area contributed by atoms with E-state index in [0.717, 1.165) is 0 Å². The molecule has 2 rings (SSSR count). The Bertz CT molecular complexity index is 848. The summed E-state index contributed by atoms with van der Waals surface area (Å²) >= 11 is 11.3. The van der Waals surface area contributed by atoms with Crippen LogP contribution in [0.2, 0.25) is 10.0 Å². The number of nitrogens with one attached hydrogen (secondary N) is 1. The van der Waals surface area contributed by atoms with Crippen LogP contribution in [-0.2, 0) is 17.5 Å². The molecule has 1 heterocycles. The zero-order valence-corrected chi connectivity index (χ0v) is 13.8. The molecule has 128 valence electrons. The zero-order chi connectivity index (χ0) is 18.1. The Morgan fingerprint density at radius 2 is 1.92 bits per heavy atom. The number of carbonyl (C=O) groups excluding carboxylic acids is 1. The van der Waals surface area contributed by atoms with Gasteiger partial charge in [0.1, 0.15) is 11.6 Å². The van der Waals surface area contributed by atoms with E-state index in [2.05, 4.69) is 5.32 Å². The number of carbonyl (C=O) groups is 1. The Balaban J connectivity index is 2.25. The van der Waals surface area contributed by atoms with E-state index in [-0.39, 0.29) is 0 Å². The van der Waals surface area contributed by atoms with Gasteiger partial charge in [-0.1, -0.05) is 23.2 Å². The third kappa shape index (κ3) is 4.30. The smallest absolute Gasteiger partial charge is 0.324 e.